The number of carbonyl (C=O) groups is 1. The molecule has 0 radical (unpaired) electrons. The average molecular weight is 333 g/mol. The molecule has 4 heteroatoms. The Balaban J connectivity index is 2.18. The van der Waals surface area contributed by atoms with E-state index >= 15 is 0 Å². The molecule has 0 saturated carbocycles. The van der Waals surface area contributed by atoms with E-state index in [9.17, 15) is 4.79 Å². The van der Waals surface area contributed by atoms with Crippen molar-refractivity contribution in [3.05, 3.63) is 58.2 Å². The van der Waals surface area contributed by atoms with Gasteiger partial charge in [0.15, 0.2) is 0 Å². The molecule has 3 nitrogen and oxygen atoms in total. The number of benzene rings is 1. The second-order valence-corrected chi connectivity index (χ2v) is 5.56. The van der Waals surface area contributed by atoms with Crippen molar-refractivity contribution in [2.24, 2.45) is 0 Å². The summed E-state index contributed by atoms with van der Waals surface area (Å²) in [5.41, 5.74) is 1.93. The number of halogens is 1. The minimum absolute atomic E-state index is 0.0568. The first-order valence-electron chi connectivity index (χ1n) is 6.60. The zero-order valence-electron chi connectivity index (χ0n) is 11.6. The molecule has 0 saturated heterocycles. The lowest BCUT2D eigenvalue weighted by Gasteiger charge is -2.16. The van der Waals surface area contributed by atoms with E-state index in [4.69, 9.17) is 0 Å². The van der Waals surface area contributed by atoms with Gasteiger partial charge in [-0.15, -0.1) is 0 Å². The van der Waals surface area contributed by atoms with Crippen LogP contribution in [0.25, 0.3) is 0 Å². The van der Waals surface area contributed by atoms with Gasteiger partial charge in [0.05, 0.1) is 0 Å². The van der Waals surface area contributed by atoms with Crippen LogP contribution < -0.4 is 4.90 Å². The highest BCUT2D eigenvalue weighted by atomic mass is 79.9. The van der Waals surface area contributed by atoms with E-state index in [0.717, 1.165) is 17.3 Å². The van der Waals surface area contributed by atoms with E-state index in [-0.39, 0.29) is 5.91 Å². The summed E-state index contributed by atoms with van der Waals surface area (Å²) < 4.78 is 0.903. The Morgan fingerprint density at radius 3 is 2.55 bits per heavy atom. The summed E-state index contributed by atoms with van der Waals surface area (Å²) in [6.45, 7) is 2.14. The van der Waals surface area contributed by atoms with Gasteiger partial charge in [-0.25, -0.2) is 4.98 Å². The van der Waals surface area contributed by atoms with Gasteiger partial charge in [0.25, 0.3) is 5.91 Å². The third-order valence-electron chi connectivity index (χ3n) is 3.10. The molecule has 1 aromatic heterocycles. The molecule has 0 bridgehead atoms. The van der Waals surface area contributed by atoms with Gasteiger partial charge >= 0.3 is 0 Å². The topological polar surface area (TPSA) is 33.2 Å². The Kier molecular flexibility index (Phi) is 4.90. The maximum absolute atomic E-state index is 12.4. The van der Waals surface area contributed by atoms with E-state index in [2.05, 4.69) is 27.8 Å². The van der Waals surface area contributed by atoms with Crippen LogP contribution in [0.3, 0.4) is 0 Å². The van der Waals surface area contributed by atoms with Crippen LogP contribution in [0.15, 0.2) is 47.1 Å². The van der Waals surface area contributed by atoms with Gasteiger partial charge < -0.3 is 0 Å². The molecular formula is C16H17BrN2O. The highest BCUT2D eigenvalue weighted by Gasteiger charge is 2.14. The van der Waals surface area contributed by atoms with E-state index in [0.29, 0.717) is 11.4 Å². The first-order valence-corrected chi connectivity index (χ1v) is 7.39. The zero-order valence-corrected chi connectivity index (χ0v) is 13.2. The summed E-state index contributed by atoms with van der Waals surface area (Å²) in [5.74, 6) is 0.570. The summed E-state index contributed by atoms with van der Waals surface area (Å²) in [6.07, 6.45) is 3.82. The fourth-order valence-electron chi connectivity index (χ4n) is 1.98. The third-order valence-corrected chi connectivity index (χ3v) is 3.59. The van der Waals surface area contributed by atoms with Crippen LogP contribution in [0.2, 0.25) is 0 Å². The Bertz CT molecular complexity index is 596. The predicted octanol–water partition coefficient (Wildman–Crippen LogP) is 4.07. The molecule has 2 aromatic rings. The quantitative estimate of drug-likeness (QED) is 0.845. The average Bonchev–Trinajstić information content (AvgIpc) is 2.47. The monoisotopic (exact) mass is 332 g/mol. The predicted molar refractivity (Wildman–Crippen MR) is 85.1 cm³/mol. The van der Waals surface area contributed by atoms with Crippen LogP contribution in [0, 0.1) is 0 Å². The van der Waals surface area contributed by atoms with Gasteiger partial charge in [0.2, 0.25) is 0 Å². The fraction of sp³-hybridized carbons (Fsp3) is 0.250. The Morgan fingerprint density at radius 2 is 1.95 bits per heavy atom. The molecule has 0 aliphatic rings. The number of aryl methyl sites for hydroxylation is 1. The first kappa shape index (κ1) is 14.7. The van der Waals surface area contributed by atoms with E-state index in [1.165, 1.54) is 5.56 Å². The molecule has 20 heavy (non-hydrogen) atoms. The molecule has 1 heterocycles. The van der Waals surface area contributed by atoms with Crippen molar-refractivity contribution < 1.29 is 4.79 Å². The Labute approximate surface area is 127 Å². The van der Waals surface area contributed by atoms with Crippen LogP contribution in [-0.2, 0) is 6.42 Å². The molecule has 0 N–H and O–H groups in total. The number of aromatic nitrogens is 1. The summed E-state index contributed by atoms with van der Waals surface area (Å²) in [5, 5.41) is 0. The standard InChI is InChI=1S/C16H17BrN2O/c1-3-4-12-5-7-13(8-6-12)16(20)19(2)15-11-14(17)9-10-18-15/h5-11H,3-4H2,1-2H3. The lowest BCUT2D eigenvalue weighted by molar-refractivity contribution is 0.0992. The minimum atomic E-state index is -0.0568. The van der Waals surface area contributed by atoms with Gasteiger partial charge in [-0.2, -0.15) is 0 Å². The van der Waals surface area contributed by atoms with Gasteiger partial charge in [-0.1, -0.05) is 41.4 Å². The number of hydrogen-bond donors (Lipinski definition) is 0. The summed E-state index contributed by atoms with van der Waals surface area (Å²) >= 11 is 3.38. The normalized spacial score (nSPS) is 10.3. The van der Waals surface area contributed by atoms with Crippen molar-refractivity contribution in [2.75, 3.05) is 11.9 Å². The second kappa shape index (κ2) is 6.66. The maximum Gasteiger partial charge on any atom is 0.259 e. The Morgan fingerprint density at radius 1 is 1.25 bits per heavy atom. The maximum atomic E-state index is 12.4. The van der Waals surface area contributed by atoms with Gasteiger partial charge in [-0.05, 0) is 36.2 Å². The molecular weight excluding hydrogens is 316 g/mol. The molecule has 0 spiro atoms. The summed E-state index contributed by atoms with van der Waals surface area (Å²) in [4.78, 5) is 18.2. The van der Waals surface area contributed by atoms with Crippen molar-refractivity contribution >= 4 is 27.7 Å². The number of amides is 1. The molecule has 0 unspecified atom stereocenters. The van der Waals surface area contributed by atoms with Crippen molar-refractivity contribution in [3.8, 4) is 0 Å². The lowest BCUT2D eigenvalue weighted by Crippen LogP contribution is -2.27. The highest BCUT2D eigenvalue weighted by Crippen LogP contribution is 2.18. The number of pyridine rings is 1. The van der Waals surface area contributed by atoms with Crippen molar-refractivity contribution in [2.45, 2.75) is 19.8 Å². The van der Waals surface area contributed by atoms with E-state index < -0.39 is 0 Å². The molecule has 2 rings (SSSR count). The Hall–Kier alpha value is -1.68. The summed E-state index contributed by atoms with van der Waals surface area (Å²) in [7, 11) is 1.73. The van der Waals surface area contributed by atoms with Crippen molar-refractivity contribution in [3.63, 3.8) is 0 Å². The van der Waals surface area contributed by atoms with Gasteiger partial charge in [-0.3, -0.25) is 9.69 Å². The van der Waals surface area contributed by atoms with Crippen LogP contribution in [-0.4, -0.2) is 17.9 Å². The largest absolute Gasteiger partial charge is 0.296 e. The molecule has 1 aromatic carbocycles. The van der Waals surface area contributed by atoms with Crippen molar-refractivity contribution in [1.82, 2.24) is 4.98 Å². The first-order chi connectivity index (χ1) is 9.61. The second-order valence-electron chi connectivity index (χ2n) is 4.64. The molecule has 0 aliphatic heterocycles. The molecule has 104 valence electrons. The van der Waals surface area contributed by atoms with E-state index in [1.807, 2.05) is 36.4 Å². The number of hydrogen-bond acceptors (Lipinski definition) is 2. The van der Waals surface area contributed by atoms with Crippen LogP contribution in [0.4, 0.5) is 5.82 Å². The molecule has 0 fully saturated rings. The highest BCUT2D eigenvalue weighted by molar-refractivity contribution is 9.10. The smallest absolute Gasteiger partial charge is 0.259 e. The van der Waals surface area contributed by atoms with Gasteiger partial charge in [0.1, 0.15) is 5.82 Å². The third kappa shape index (κ3) is 3.45. The van der Waals surface area contributed by atoms with Gasteiger partial charge in [0, 0.05) is 23.3 Å². The lowest BCUT2D eigenvalue weighted by atomic mass is 10.1. The molecule has 0 atom stereocenters. The number of anilines is 1. The zero-order chi connectivity index (χ0) is 14.5. The summed E-state index contributed by atoms with van der Waals surface area (Å²) in [6, 6.07) is 11.4. The number of nitrogens with zero attached hydrogens (tertiary/aromatic N) is 2. The van der Waals surface area contributed by atoms with Crippen LogP contribution in [0.5, 0.6) is 0 Å². The van der Waals surface area contributed by atoms with Crippen LogP contribution >= 0.6 is 15.9 Å². The molecule has 0 aliphatic carbocycles. The fourth-order valence-corrected chi connectivity index (χ4v) is 2.30. The van der Waals surface area contributed by atoms with Crippen LogP contribution in [0.1, 0.15) is 29.3 Å². The van der Waals surface area contributed by atoms with Crippen molar-refractivity contribution in [1.29, 1.82) is 0 Å². The number of rotatable bonds is 4. The molecule has 1 amide bonds. The SMILES string of the molecule is CCCc1ccc(C(=O)N(C)c2cc(Br)ccn2)cc1. The van der Waals surface area contributed by atoms with E-state index in [1.54, 1.807) is 18.1 Å². The minimum Gasteiger partial charge on any atom is -0.296 e. The number of carbonyl (C=O) groups excluding carboxylic acids is 1.